The molecule has 10 heteroatoms. The first-order valence-corrected chi connectivity index (χ1v) is 9.60. The molecule has 0 saturated heterocycles. The lowest BCUT2D eigenvalue weighted by molar-refractivity contribution is -0.141. The van der Waals surface area contributed by atoms with E-state index in [0.29, 0.717) is 30.3 Å². The summed E-state index contributed by atoms with van der Waals surface area (Å²) in [5.41, 5.74) is 0.302. The van der Waals surface area contributed by atoms with Crippen molar-refractivity contribution in [1.29, 1.82) is 0 Å². The molecule has 1 aliphatic rings. The molecule has 3 rings (SSSR count). The number of anilines is 1. The molecule has 1 aromatic heterocycles. The number of methoxy groups -OCH3 is 1. The lowest BCUT2D eigenvalue weighted by Crippen LogP contribution is -2.29. The molecule has 0 atom stereocenters. The molecule has 152 valence electrons. The van der Waals surface area contributed by atoms with E-state index in [9.17, 15) is 13.2 Å². The summed E-state index contributed by atoms with van der Waals surface area (Å²) < 4.78 is 45.7. The molecule has 1 aromatic carbocycles. The van der Waals surface area contributed by atoms with Crippen LogP contribution in [-0.2, 0) is 12.7 Å². The molecule has 2 aromatic rings. The molecular formula is C18H20ClF3N4OS. The third-order valence-electron chi connectivity index (χ3n) is 4.34. The largest absolute Gasteiger partial charge is 0.497 e. The number of nitrogens with one attached hydrogen (secondary N) is 2. The summed E-state index contributed by atoms with van der Waals surface area (Å²) in [6, 6.07) is 7.28. The van der Waals surface area contributed by atoms with Crippen LogP contribution in [-0.4, -0.2) is 28.5 Å². The topological polar surface area (TPSA) is 51.1 Å². The standard InChI is InChI=1S/C18H20ClF3N4OS/c1-27-13-7-5-12(6-8-13)24-17(28)23-9-2-10-26-15(11-3-4-11)14(19)16(25-26)18(20,21)22/h5-8,11H,2-4,9-10H2,1H3,(H2,23,24,28). The van der Waals surface area contributed by atoms with E-state index in [2.05, 4.69) is 15.7 Å². The third kappa shape index (κ3) is 5.08. The quantitative estimate of drug-likeness (QED) is 0.485. The van der Waals surface area contributed by atoms with Gasteiger partial charge in [-0.2, -0.15) is 18.3 Å². The van der Waals surface area contributed by atoms with Crippen LogP contribution in [0.2, 0.25) is 5.02 Å². The first kappa shape index (κ1) is 20.7. The zero-order valence-corrected chi connectivity index (χ0v) is 16.7. The summed E-state index contributed by atoms with van der Waals surface area (Å²) in [5, 5.41) is 9.96. The van der Waals surface area contributed by atoms with E-state index in [1.807, 2.05) is 24.3 Å². The van der Waals surface area contributed by atoms with E-state index in [4.69, 9.17) is 28.6 Å². The second-order valence-corrected chi connectivity index (χ2v) is 7.29. The highest BCUT2D eigenvalue weighted by Crippen LogP contribution is 2.46. The molecular weight excluding hydrogens is 413 g/mol. The molecule has 5 nitrogen and oxygen atoms in total. The van der Waals surface area contributed by atoms with E-state index >= 15 is 0 Å². The SMILES string of the molecule is COc1ccc(NC(=S)NCCCn2nc(C(F)(F)F)c(Cl)c2C2CC2)cc1. The monoisotopic (exact) mass is 432 g/mol. The number of hydrogen-bond donors (Lipinski definition) is 2. The molecule has 1 heterocycles. The number of rotatable bonds is 7. The molecule has 0 spiro atoms. The maximum Gasteiger partial charge on any atom is 0.436 e. The van der Waals surface area contributed by atoms with E-state index in [1.54, 1.807) is 7.11 Å². The number of benzene rings is 1. The molecule has 0 unspecified atom stereocenters. The Hall–Kier alpha value is -2.00. The summed E-state index contributed by atoms with van der Waals surface area (Å²) in [6.07, 6.45) is -2.30. The van der Waals surface area contributed by atoms with E-state index in [1.165, 1.54) is 4.68 Å². The molecule has 28 heavy (non-hydrogen) atoms. The smallest absolute Gasteiger partial charge is 0.436 e. The summed E-state index contributed by atoms with van der Waals surface area (Å²) in [7, 11) is 1.59. The fourth-order valence-corrected chi connectivity index (χ4v) is 3.45. The lowest BCUT2D eigenvalue weighted by atomic mass is 10.2. The molecule has 1 saturated carbocycles. The first-order valence-electron chi connectivity index (χ1n) is 8.82. The average molecular weight is 433 g/mol. The van der Waals surface area contributed by atoms with Crippen LogP contribution in [0.5, 0.6) is 5.75 Å². The number of hydrogen-bond acceptors (Lipinski definition) is 3. The Kier molecular flexibility index (Phi) is 6.34. The van der Waals surface area contributed by atoms with Crippen molar-refractivity contribution in [2.24, 2.45) is 0 Å². The van der Waals surface area contributed by atoms with Crippen molar-refractivity contribution in [3.05, 3.63) is 40.7 Å². The Balaban J connectivity index is 1.51. The average Bonchev–Trinajstić information content (AvgIpc) is 3.41. The van der Waals surface area contributed by atoms with Crippen molar-refractivity contribution >= 4 is 34.6 Å². The Labute approximate surface area is 171 Å². The third-order valence-corrected chi connectivity index (χ3v) is 4.96. The van der Waals surface area contributed by atoms with Crippen LogP contribution in [0.15, 0.2) is 24.3 Å². The van der Waals surface area contributed by atoms with Crippen LogP contribution in [0.3, 0.4) is 0 Å². The predicted molar refractivity (Wildman–Crippen MR) is 106 cm³/mol. The van der Waals surface area contributed by atoms with Gasteiger partial charge >= 0.3 is 6.18 Å². The minimum Gasteiger partial charge on any atom is -0.497 e. The molecule has 0 radical (unpaired) electrons. The maximum absolute atomic E-state index is 13.1. The number of aromatic nitrogens is 2. The summed E-state index contributed by atoms with van der Waals surface area (Å²) >= 11 is 11.2. The van der Waals surface area contributed by atoms with Gasteiger partial charge in [0.2, 0.25) is 0 Å². The highest BCUT2D eigenvalue weighted by Gasteiger charge is 2.41. The van der Waals surface area contributed by atoms with Crippen LogP contribution in [0.25, 0.3) is 0 Å². The van der Waals surface area contributed by atoms with Gasteiger partial charge in [0, 0.05) is 24.7 Å². The normalized spacial score (nSPS) is 14.0. The van der Waals surface area contributed by atoms with Gasteiger partial charge in [-0.3, -0.25) is 4.68 Å². The predicted octanol–water partition coefficient (Wildman–Crippen LogP) is 4.82. The Morgan fingerprint density at radius 3 is 2.57 bits per heavy atom. The number of nitrogens with zero attached hydrogens (tertiary/aromatic N) is 2. The second kappa shape index (κ2) is 8.57. The first-order chi connectivity index (χ1) is 13.3. The van der Waals surface area contributed by atoms with Crippen molar-refractivity contribution in [2.75, 3.05) is 19.0 Å². The van der Waals surface area contributed by atoms with Crippen LogP contribution in [0.1, 0.15) is 36.6 Å². The van der Waals surface area contributed by atoms with Crippen molar-refractivity contribution < 1.29 is 17.9 Å². The molecule has 0 aliphatic heterocycles. The maximum atomic E-state index is 13.1. The number of halogens is 4. The van der Waals surface area contributed by atoms with Crippen molar-refractivity contribution in [3.63, 3.8) is 0 Å². The van der Waals surface area contributed by atoms with Crippen molar-refractivity contribution in [1.82, 2.24) is 15.1 Å². The number of aryl methyl sites for hydroxylation is 1. The Morgan fingerprint density at radius 2 is 2.00 bits per heavy atom. The Bertz CT molecular complexity index is 835. The second-order valence-electron chi connectivity index (χ2n) is 6.51. The number of alkyl halides is 3. The van der Waals surface area contributed by atoms with Gasteiger partial charge in [0.25, 0.3) is 0 Å². The fraction of sp³-hybridized carbons (Fsp3) is 0.444. The minimum absolute atomic E-state index is 0.0712. The molecule has 1 aliphatic carbocycles. The minimum atomic E-state index is -4.55. The highest BCUT2D eigenvalue weighted by molar-refractivity contribution is 7.80. The van der Waals surface area contributed by atoms with Crippen LogP contribution < -0.4 is 15.4 Å². The summed E-state index contributed by atoms with van der Waals surface area (Å²) in [6.45, 7) is 0.824. The molecule has 2 N–H and O–H groups in total. The summed E-state index contributed by atoms with van der Waals surface area (Å²) in [5.74, 6) is 0.814. The van der Waals surface area contributed by atoms with Crippen molar-refractivity contribution in [2.45, 2.75) is 37.9 Å². The molecule has 0 bridgehead atoms. The van der Waals surface area contributed by atoms with Gasteiger partial charge in [-0.15, -0.1) is 0 Å². The zero-order chi connectivity index (χ0) is 20.3. The van der Waals surface area contributed by atoms with E-state index in [-0.39, 0.29) is 10.9 Å². The van der Waals surface area contributed by atoms with Crippen LogP contribution >= 0.6 is 23.8 Å². The van der Waals surface area contributed by atoms with E-state index in [0.717, 1.165) is 24.3 Å². The Morgan fingerprint density at radius 1 is 1.32 bits per heavy atom. The number of thiocarbonyl (C=S) groups is 1. The van der Waals surface area contributed by atoms with Gasteiger partial charge in [-0.25, -0.2) is 0 Å². The number of ether oxygens (including phenoxy) is 1. The van der Waals surface area contributed by atoms with Crippen LogP contribution in [0.4, 0.5) is 18.9 Å². The zero-order valence-electron chi connectivity index (χ0n) is 15.1. The summed E-state index contributed by atoms with van der Waals surface area (Å²) in [4.78, 5) is 0. The molecule has 1 fully saturated rings. The van der Waals surface area contributed by atoms with Gasteiger partial charge < -0.3 is 15.4 Å². The van der Waals surface area contributed by atoms with Gasteiger partial charge in [-0.05, 0) is 55.7 Å². The fourth-order valence-electron chi connectivity index (χ4n) is 2.83. The van der Waals surface area contributed by atoms with Gasteiger partial charge in [0.15, 0.2) is 10.8 Å². The van der Waals surface area contributed by atoms with Gasteiger partial charge in [0.1, 0.15) is 5.75 Å². The highest BCUT2D eigenvalue weighted by atomic mass is 35.5. The van der Waals surface area contributed by atoms with Gasteiger partial charge in [0.05, 0.1) is 17.8 Å². The lowest BCUT2D eigenvalue weighted by Gasteiger charge is -2.12. The molecule has 0 amide bonds. The van der Waals surface area contributed by atoms with Crippen LogP contribution in [0, 0.1) is 0 Å². The van der Waals surface area contributed by atoms with Gasteiger partial charge in [-0.1, -0.05) is 11.6 Å². The van der Waals surface area contributed by atoms with E-state index < -0.39 is 11.9 Å². The van der Waals surface area contributed by atoms with Crippen molar-refractivity contribution in [3.8, 4) is 5.75 Å².